The summed E-state index contributed by atoms with van der Waals surface area (Å²) in [6, 6.07) is 16.1. The third-order valence-electron chi connectivity index (χ3n) is 7.98. The van der Waals surface area contributed by atoms with E-state index < -0.39 is 5.54 Å². The minimum Gasteiger partial charge on any atom is -0.383 e. The molecule has 0 saturated heterocycles. The first-order valence-electron chi connectivity index (χ1n) is 11.8. The van der Waals surface area contributed by atoms with E-state index in [1.807, 2.05) is 18.2 Å². The molecule has 34 heavy (non-hydrogen) atoms. The van der Waals surface area contributed by atoms with Crippen LogP contribution >= 0.6 is 0 Å². The molecule has 1 atom stereocenters. The van der Waals surface area contributed by atoms with Crippen LogP contribution in [0.3, 0.4) is 0 Å². The summed E-state index contributed by atoms with van der Waals surface area (Å²) in [5, 5.41) is 9.35. The Bertz CT molecular complexity index is 1190. The molecule has 0 bridgehead atoms. The van der Waals surface area contributed by atoms with Gasteiger partial charge in [-0.3, -0.25) is 9.69 Å². The first-order valence-corrected chi connectivity index (χ1v) is 11.8. The highest BCUT2D eigenvalue weighted by Crippen LogP contribution is 2.62. The van der Waals surface area contributed by atoms with E-state index in [4.69, 9.17) is 20.2 Å². The molecule has 2 aromatic carbocycles. The van der Waals surface area contributed by atoms with Gasteiger partial charge in [0, 0.05) is 19.6 Å². The number of fused-ring (bicyclic) bond motifs is 3. The second-order valence-electron chi connectivity index (χ2n) is 9.59. The van der Waals surface area contributed by atoms with E-state index in [-0.39, 0.29) is 23.4 Å². The van der Waals surface area contributed by atoms with E-state index in [1.165, 1.54) is 0 Å². The van der Waals surface area contributed by atoms with E-state index in [0.29, 0.717) is 18.7 Å². The Morgan fingerprint density at radius 1 is 1.18 bits per heavy atom. The second-order valence-corrected chi connectivity index (χ2v) is 9.59. The Kier molecular flexibility index (Phi) is 5.67. The van der Waals surface area contributed by atoms with Crippen molar-refractivity contribution in [2.75, 3.05) is 27.4 Å². The largest absolute Gasteiger partial charge is 0.383 e. The molecule has 3 aliphatic rings. The Balaban J connectivity index is 1.64. The molecule has 0 aromatic heterocycles. The van der Waals surface area contributed by atoms with E-state index in [2.05, 4.69) is 24.3 Å². The van der Waals surface area contributed by atoms with Gasteiger partial charge in [0.2, 0.25) is 0 Å². The van der Waals surface area contributed by atoms with Crippen molar-refractivity contribution < 1.29 is 14.3 Å². The minimum atomic E-state index is -1.04. The molecule has 1 heterocycles. The van der Waals surface area contributed by atoms with E-state index >= 15 is 0 Å². The number of carbonyl (C=O) groups is 1. The average Bonchev–Trinajstić information content (AvgIpc) is 3.28. The molecule has 2 N–H and O–H groups in total. The summed E-state index contributed by atoms with van der Waals surface area (Å²) in [7, 11) is 3.37. The predicted molar refractivity (Wildman–Crippen MR) is 129 cm³/mol. The van der Waals surface area contributed by atoms with Gasteiger partial charge in [0.25, 0.3) is 5.91 Å². The lowest BCUT2D eigenvalue weighted by molar-refractivity contribution is -0.138. The third-order valence-corrected chi connectivity index (χ3v) is 7.98. The van der Waals surface area contributed by atoms with Crippen molar-refractivity contribution in [2.45, 2.75) is 43.7 Å². The summed E-state index contributed by atoms with van der Waals surface area (Å²) >= 11 is 0. The van der Waals surface area contributed by atoms with Gasteiger partial charge in [0.05, 0.1) is 30.9 Å². The minimum absolute atomic E-state index is 0.0559. The quantitative estimate of drug-likeness (QED) is 0.740. The molecule has 1 aliphatic heterocycles. The Hall–Kier alpha value is -3.21. The average molecular weight is 459 g/mol. The summed E-state index contributed by atoms with van der Waals surface area (Å²) in [5.41, 5.74) is 9.62. The highest BCUT2D eigenvalue weighted by atomic mass is 16.5. The van der Waals surface area contributed by atoms with Crippen LogP contribution in [-0.2, 0) is 26.2 Å². The first-order chi connectivity index (χ1) is 16.5. The fourth-order valence-corrected chi connectivity index (χ4v) is 6.21. The number of hydrogen-bond acceptors (Lipinski definition) is 6. The fraction of sp³-hybridized carbons (Fsp3) is 0.444. The van der Waals surface area contributed by atoms with Crippen LogP contribution in [0, 0.1) is 16.7 Å². The summed E-state index contributed by atoms with van der Waals surface area (Å²) in [6.45, 7) is 0.771. The van der Waals surface area contributed by atoms with Crippen LogP contribution in [0.25, 0.3) is 11.1 Å². The molecular weight excluding hydrogens is 428 g/mol. The molecule has 1 saturated carbocycles. The van der Waals surface area contributed by atoms with Crippen molar-refractivity contribution in [3.8, 4) is 17.2 Å². The number of ether oxygens (including phenoxy) is 2. The van der Waals surface area contributed by atoms with Crippen molar-refractivity contribution in [3.63, 3.8) is 0 Å². The van der Waals surface area contributed by atoms with Crippen molar-refractivity contribution >= 4 is 11.9 Å². The number of nitriles is 1. The van der Waals surface area contributed by atoms with Crippen molar-refractivity contribution in [1.82, 2.24) is 4.90 Å². The van der Waals surface area contributed by atoms with Crippen molar-refractivity contribution in [1.29, 1.82) is 5.26 Å². The number of carbonyl (C=O) groups excluding carboxylic acids is 1. The maximum atomic E-state index is 14.2. The maximum absolute atomic E-state index is 14.2. The van der Waals surface area contributed by atoms with Gasteiger partial charge in [0.1, 0.15) is 0 Å². The number of methoxy groups -OCH3 is 2. The lowest BCUT2D eigenvalue weighted by atomic mass is 9.61. The summed E-state index contributed by atoms with van der Waals surface area (Å²) in [4.78, 5) is 20.8. The molecule has 1 amide bonds. The number of benzene rings is 2. The van der Waals surface area contributed by atoms with Crippen LogP contribution in [0.15, 0.2) is 47.5 Å². The molecular formula is C27H30N4O3. The number of guanidine groups is 1. The smallest absolute Gasteiger partial charge is 0.262 e. The summed E-state index contributed by atoms with van der Waals surface area (Å²) in [5.74, 6) is 0.208. The van der Waals surface area contributed by atoms with Gasteiger partial charge >= 0.3 is 0 Å². The lowest BCUT2D eigenvalue weighted by Gasteiger charge is -2.45. The number of nitrogens with zero attached hydrogens (tertiary/aromatic N) is 3. The van der Waals surface area contributed by atoms with E-state index in [0.717, 1.165) is 54.4 Å². The topological polar surface area (TPSA) is 101 Å². The van der Waals surface area contributed by atoms with Gasteiger partial charge < -0.3 is 15.2 Å². The second kappa shape index (κ2) is 8.53. The Labute approximate surface area is 200 Å². The molecule has 2 aliphatic carbocycles. The number of rotatable bonds is 5. The lowest BCUT2D eigenvalue weighted by Crippen LogP contribution is -2.52. The molecule has 0 radical (unpaired) electrons. The molecule has 2 spiro atoms. The van der Waals surface area contributed by atoms with E-state index in [1.54, 1.807) is 25.2 Å². The van der Waals surface area contributed by atoms with Crippen LogP contribution < -0.4 is 5.73 Å². The van der Waals surface area contributed by atoms with Crippen LogP contribution in [0.1, 0.15) is 42.4 Å². The SMILES string of the molecule is COCCN1C(=O)C2(N=C1N)c1cc(-c3cccc(C#N)c3)ccc1CC21CCC(OC)CC1. The molecule has 2 aromatic rings. The fourth-order valence-electron chi connectivity index (χ4n) is 6.21. The summed E-state index contributed by atoms with van der Waals surface area (Å²) in [6.07, 6.45) is 4.48. The number of nitrogens with two attached hydrogens (primary N) is 1. The van der Waals surface area contributed by atoms with Gasteiger partial charge in [-0.1, -0.05) is 24.3 Å². The Morgan fingerprint density at radius 2 is 1.94 bits per heavy atom. The van der Waals surface area contributed by atoms with Crippen LogP contribution in [0.4, 0.5) is 0 Å². The number of aliphatic imine (C=N–C) groups is 1. The van der Waals surface area contributed by atoms with Crippen LogP contribution in [-0.4, -0.2) is 50.2 Å². The van der Waals surface area contributed by atoms with Gasteiger partial charge in [-0.25, -0.2) is 4.99 Å². The molecule has 7 nitrogen and oxygen atoms in total. The molecule has 7 heteroatoms. The predicted octanol–water partition coefficient (Wildman–Crippen LogP) is 3.36. The summed E-state index contributed by atoms with van der Waals surface area (Å²) < 4.78 is 10.9. The van der Waals surface area contributed by atoms with Gasteiger partial charge in [-0.05, 0) is 72.6 Å². The Morgan fingerprint density at radius 3 is 2.65 bits per heavy atom. The van der Waals surface area contributed by atoms with Gasteiger partial charge in [-0.2, -0.15) is 5.26 Å². The molecule has 1 fully saturated rings. The normalized spacial score (nSPS) is 27.8. The molecule has 176 valence electrons. The van der Waals surface area contributed by atoms with Crippen LogP contribution in [0.5, 0.6) is 0 Å². The monoisotopic (exact) mass is 458 g/mol. The number of hydrogen-bond donors (Lipinski definition) is 1. The van der Waals surface area contributed by atoms with Gasteiger partial charge in [0.15, 0.2) is 11.5 Å². The zero-order chi connectivity index (χ0) is 23.9. The molecule has 5 rings (SSSR count). The highest BCUT2D eigenvalue weighted by Gasteiger charge is 2.66. The molecule has 1 unspecified atom stereocenters. The third kappa shape index (κ3) is 3.24. The van der Waals surface area contributed by atoms with Crippen molar-refractivity contribution in [2.24, 2.45) is 16.1 Å². The first kappa shape index (κ1) is 22.6. The van der Waals surface area contributed by atoms with Crippen molar-refractivity contribution in [3.05, 3.63) is 59.2 Å². The van der Waals surface area contributed by atoms with Crippen LogP contribution in [0.2, 0.25) is 0 Å². The number of amides is 1. The standard InChI is InChI=1S/C27H30N4O3/c1-33-13-12-31-24(32)27(30-25(31)29)23-15-20(19-5-3-4-18(14-19)17-28)6-7-21(23)16-26(27)10-8-22(34-2)9-11-26/h3-7,14-15,22H,8-13,16H2,1-2H3,(H2,29,30). The van der Waals surface area contributed by atoms with E-state index in [9.17, 15) is 10.1 Å². The van der Waals surface area contributed by atoms with Gasteiger partial charge in [-0.15, -0.1) is 0 Å². The zero-order valence-electron chi connectivity index (χ0n) is 19.7. The zero-order valence-corrected chi connectivity index (χ0v) is 19.7. The maximum Gasteiger partial charge on any atom is 0.262 e. The highest BCUT2D eigenvalue weighted by molar-refractivity contribution is 6.08.